The van der Waals surface area contributed by atoms with Crippen LogP contribution in [0.15, 0.2) is 4.99 Å². The molecule has 6 heteroatoms. The average molecular weight is 300 g/mol. The summed E-state index contributed by atoms with van der Waals surface area (Å²) in [6.07, 6.45) is 2.64. The Morgan fingerprint density at radius 2 is 2.00 bits per heavy atom. The van der Waals surface area contributed by atoms with Gasteiger partial charge in [0, 0.05) is 45.9 Å². The number of methoxy groups -OCH3 is 1. The summed E-state index contributed by atoms with van der Waals surface area (Å²) in [4.78, 5) is 7.11. The summed E-state index contributed by atoms with van der Waals surface area (Å²) in [5.74, 6) is 0.875. The highest BCUT2D eigenvalue weighted by molar-refractivity contribution is 5.79. The summed E-state index contributed by atoms with van der Waals surface area (Å²) >= 11 is 0. The SMILES string of the molecule is CCNC(=NCCN(CCOC)C1CC1)NCCOCC. The third-order valence-electron chi connectivity index (χ3n) is 3.39. The maximum atomic E-state index is 5.32. The monoisotopic (exact) mass is 300 g/mol. The fourth-order valence-electron chi connectivity index (χ4n) is 2.14. The molecule has 1 aliphatic rings. The number of aliphatic imine (C=N–C) groups is 1. The first kappa shape index (κ1) is 18.2. The topological polar surface area (TPSA) is 58.1 Å². The average Bonchev–Trinajstić information content (AvgIpc) is 3.31. The quantitative estimate of drug-likeness (QED) is 0.315. The zero-order valence-electron chi connectivity index (χ0n) is 13.9. The van der Waals surface area contributed by atoms with E-state index in [0.717, 1.165) is 57.9 Å². The van der Waals surface area contributed by atoms with Gasteiger partial charge in [0.05, 0.1) is 19.8 Å². The Kier molecular flexibility index (Phi) is 10.2. The molecule has 0 heterocycles. The van der Waals surface area contributed by atoms with Gasteiger partial charge in [0.15, 0.2) is 5.96 Å². The summed E-state index contributed by atoms with van der Waals surface area (Å²) < 4.78 is 10.5. The summed E-state index contributed by atoms with van der Waals surface area (Å²) in [6, 6.07) is 0.754. The molecular weight excluding hydrogens is 268 g/mol. The van der Waals surface area contributed by atoms with Gasteiger partial charge in [-0.05, 0) is 26.7 Å². The molecular formula is C15H32N4O2. The van der Waals surface area contributed by atoms with Gasteiger partial charge in [0.1, 0.15) is 0 Å². The third-order valence-corrected chi connectivity index (χ3v) is 3.39. The van der Waals surface area contributed by atoms with Crippen molar-refractivity contribution in [1.29, 1.82) is 0 Å². The van der Waals surface area contributed by atoms with E-state index in [2.05, 4.69) is 27.4 Å². The van der Waals surface area contributed by atoms with Crippen molar-refractivity contribution >= 4 is 5.96 Å². The molecule has 0 aromatic heterocycles. The summed E-state index contributed by atoms with van der Waals surface area (Å²) in [5.41, 5.74) is 0. The Hall–Kier alpha value is -0.850. The van der Waals surface area contributed by atoms with Crippen molar-refractivity contribution in [3.8, 4) is 0 Å². The Morgan fingerprint density at radius 3 is 2.62 bits per heavy atom. The van der Waals surface area contributed by atoms with Crippen LogP contribution in [0.25, 0.3) is 0 Å². The molecule has 21 heavy (non-hydrogen) atoms. The highest BCUT2D eigenvalue weighted by Gasteiger charge is 2.27. The first-order chi connectivity index (χ1) is 10.3. The van der Waals surface area contributed by atoms with Crippen molar-refractivity contribution in [2.75, 3.05) is 59.7 Å². The third kappa shape index (κ3) is 8.90. The zero-order chi connectivity index (χ0) is 15.3. The molecule has 124 valence electrons. The van der Waals surface area contributed by atoms with E-state index in [0.29, 0.717) is 6.61 Å². The van der Waals surface area contributed by atoms with Gasteiger partial charge in [0.25, 0.3) is 0 Å². The number of ether oxygens (including phenoxy) is 2. The Balaban J connectivity index is 2.26. The number of rotatable bonds is 12. The van der Waals surface area contributed by atoms with Crippen LogP contribution >= 0.6 is 0 Å². The first-order valence-corrected chi connectivity index (χ1v) is 8.14. The van der Waals surface area contributed by atoms with Crippen LogP contribution in [0.5, 0.6) is 0 Å². The lowest BCUT2D eigenvalue weighted by Gasteiger charge is -2.20. The first-order valence-electron chi connectivity index (χ1n) is 8.14. The van der Waals surface area contributed by atoms with Gasteiger partial charge in [-0.15, -0.1) is 0 Å². The van der Waals surface area contributed by atoms with Gasteiger partial charge < -0.3 is 20.1 Å². The highest BCUT2D eigenvalue weighted by Crippen LogP contribution is 2.26. The molecule has 6 nitrogen and oxygen atoms in total. The van der Waals surface area contributed by atoms with Crippen LogP contribution in [0.4, 0.5) is 0 Å². The van der Waals surface area contributed by atoms with Gasteiger partial charge in [0.2, 0.25) is 0 Å². The molecule has 0 amide bonds. The zero-order valence-corrected chi connectivity index (χ0v) is 13.9. The second-order valence-electron chi connectivity index (χ2n) is 5.14. The predicted octanol–water partition coefficient (Wildman–Crippen LogP) is 0.689. The molecule has 0 spiro atoms. The molecule has 0 atom stereocenters. The number of nitrogens with zero attached hydrogens (tertiary/aromatic N) is 2. The van der Waals surface area contributed by atoms with Crippen molar-refractivity contribution in [2.24, 2.45) is 4.99 Å². The molecule has 1 aliphatic carbocycles. The molecule has 2 N–H and O–H groups in total. The van der Waals surface area contributed by atoms with Gasteiger partial charge in [-0.2, -0.15) is 0 Å². The minimum absolute atomic E-state index is 0.711. The number of guanidine groups is 1. The van der Waals surface area contributed by atoms with E-state index < -0.39 is 0 Å². The van der Waals surface area contributed by atoms with Crippen LogP contribution in [0.2, 0.25) is 0 Å². The summed E-state index contributed by atoms with van der Waals surface area (Å²) in [6.45, 7) is 10.8. The maximum Gasteiger partial charge on any atom is 0.191 e. The van der Waals surface area contributed by atoms with Crippen molar-refractivity contribution in [3.05, 3.63) is 0 Å². The molecule has 1 saturated carbocycles. The van der Waals surface area contributed by atoms with E-state index >= 15 is 0 Å². The van der Waals surface area contributed by atoms with Gasteiger partial charge >= 0.3 is 0 Å². The second-order valence-corrected chi connectivity index (χ2v) is 5.14. The van der Waals surface area contributed by atoms with Gasteiger partial charge in [-0.3, -0.25) is 9.89 Å². The number of hydrogen-bond donors (Lipinski definition) is 2. The lowest BCUT2D eigenvalue weighted by molar-refractivity contribution is 0.145. The Morgan fingerprint density at radius 1 is 1.19 bits per heavy atom. The molecule has 1 fully saturated rings. The lowest BCUT2D eigenvalue weighted by atomic mass is 10.4. The smallest absolute Gasteiger partial charge is 0.191 e. The van der Waals surface area contributed by atoms with E-state index in [1.807, 2.05) is 6.92 Å². The molecule has 1 rings (SSSR count). The van der Waals surface area contributed by atoms with E-state index in [1.165, 1.54) is 12.8 Å². The Labute approximate surface area is 129 Å². The van der Waals surface area contributed by atoms with Crippen LogP contribution in [0.3, 0.4) is 0 Å². The van der Waals surface area contributed by atoms with Crippen molar-refractivity contribution in [3.63, 3.8) is 0 Å². The molecule has 0 aliphatic heterocycles. The minimum atomic E-state index is 0.711. The van der Waals surface area contributed by atoms with E-state index in [9.17, 15) is 0 Å². The number of hydrogen-bond acceptors (Lipinski definition) is 4. The predicted molar refractivity (Wildman–Crippen MR) is 86.9 cm³/mol. The number of nitrogens with one attached hydrogen (secondary N) is 2. The van der Waals surface area contributed by atoms with Crippen molar-refractivity contribution < 1.29 is 9.47 Å². The normalized spacial score (nSPS) is 15.5. The Bertz CT molecular complexity index is 283. The molecule has 0 saturated heterocycles. The molecule has 0 aromatic carbocycles. The lowest BCUT2D eigenvalue weighted by Crippen LogP contribution is -2.40. The van der Waals surface area contributed by atoms with Crippen molar-refractivity contribution in [1.82, 2.24) is 15.5 Å². The summed E-state index contributed by atoms with van der Waals surface area (Å²) in [5, 5.41) is 6.55. The fraction of sp³-hybridized carbons (Fsp3) is 0.933. The fourth-order valence-corrected chi connectivity index (χ4v) is 2.14. The van der Waals surface area contributed by atoms with Gasteiger partial charge in [-0.1, -0.05) is 0 Å². The van der Waals surface area contributed by atoms with E-state index in [-0.39, 0.29) is 0 Å². The van der Waals surface area contributed by atoms with Crippen LogP contribution in [0, 0.1) is 0 Å². The van der Waals surface area contributed by atoms with Crippen molar-refractivity contribution in [2.45, 2.75) is 32.7 Å². The second kappa shape index (κ2) is 11.8. The van der Waals surface area contributed by atoms with Crippen LogP contribution in [-0.4, -0.2) is 76.6 Å². The largest absolute Gasteiger partial charge is 0.383 e. The van der Waals surface area contributed by atoms with Crippen LogP contribution in [0.1, 0.15) is 26.7 Å². The van der Waals surface area contributed by atoms with E-state index in [4.69, 9.17) is 9.47 Å². The maximum absolute atomic E-state index is 5.32. The molecule has 0 radical (unpaired) electrons. The molecule has 0 unspecified atom stereocenters. The van der Waals surface area contributed by atoms with Crippen LogP contribution in [-0.2, 0) is 9.47 Å². The van der Waals surface area contributed by atoms with E-state index in [1.54, 1.807) is 7.11 Å². The summed E-state index contributed by atoms with van der Waals surface area (Å²) in [7, 11) is 1.76. The standard InChI is InChI=1S/C15H32N4O2/c1-4-16-15(18-9-12-21-5-2)17-8-10-19(11-13-20-3)14-6-7-14/h14H,4-13H2,1-3H3,(H2,16,17,18). The van der Waals surface area contributed by atoms with Gasteiger partial charge in [-0.25, -0.2) is 0 Å². The van der Waals surface area contributed by atoms with Crippen LogP contribution < -0.4 is 10.6 Å². The molecule has 0 aromatic rings. The minimum Gasteiger partial charge on any atom is -0.383 e. The molecule has 0 bridgehead atoms. The highest BCUT2D eigenvalue weighted by atomic mass is 16.5.